The monoisotopic (exact) mass is 326 g/mol. The first kappa shape index (κ1) is 14.4. The molecule has 0 unspecified atom stereocenters. The van der Waals surface area contributed by atoms with Gasteiger partial charge < -0.3 is 4.90 Å². The Morgan fingerprint density at radius 1 is 1.21 bits per heavy atom. The molecule has 2 aromatic rings. The molecule has 5 rings (SSSR count). The van der Waals surface area contributed by atoms with E-state index in [9.17, 15) is 4.79 Å². The highest BCUT2D eigenvalue weighted by Crippen LogP contribution is 2.38. The first-order valence-electron chi connectivity index (χ1n) is 9.00. The Bertz CT molecular complexity index is 773. The third-order valence-corrected chi connectivity index (χ3v) is 6.02. The molecule has 3 aliphatic rings. The highest BCUT2D eigenvalue weighted by atomic mass is 16.6. The van der Waals surface area contributed by atoms with Crippen molar-refractivity contribution in [3.05, 3.63) is 23.8 Å². The number of amides is 1. The van der Waals surface area contributed by atoms with Gasteiger partial charge in [-0.15, -0.1) is 0 Å². The van der Waals surface area contributed by atoms with Crippen LogP contribution in [0.4, 0.5) is 0 Å². The molecule has 3 fully saturated rings. The number of aromatic nitrogens is 2. The van der Waals surface area contributed by atoms with Crippen LogP contribution in [-0.2, 0) is 11.3 Å². The Labute approximate surface area is 140 Å². The van der Waals surface area contributed by atoms with Gasteiger partial charge in [-0.1, -0.05) is 12.1 Å². The zero-order valence-corrected chi connectivity index (χ0v) is 13.7. The van der Waals surface area contributed by atoms with Crippen molar-refractivity contribution in [3.8, 4) is 0 Å². The Morgan fingerprint density at radius 3 is 3.12 bits per heavy atom. The molecule has 3 aliphatic heterocycles. The molecule has 6 heteroatoms. The summed E-state index contributed by atoms with van der Waals surface area (Å²) in [5.74, 6) is 1.61. The summed E-state index contributed by atoms with van der Waals surface area (Å²) < 4.78 is 4.89. The first-order valence-corrected chi connectivity index (χ1v) is 9.00. The van der Waals surface area contributed by atoms with E-state index in [0.717, 1.165) is 50.1 Å². The van der Waals surface area contributed by atoms with Gasteiger partial charge in [0.05, 0.1) is 0 Å². The van der Waals surface area contributed by atoms with Crippen LogP contribution in [0.5, 0.6) is 0 Å². The zero-order valence-electron chi connectivity index (χ0n) is 13.7. The molecule has 24 heavy (non-hydrogen) atoms. The molecule has 0 radical (unpaired) electrons. The molecule has 3 atom stereocenters. The Morgan fingerprint density at radius 2 is 2.17 bits per heavy atom. The number of carbonyl (C=O) groups is 1. The fraction of sp³-hybridized carbons (Fsp3) is 0.611. The van der Waals surface area contributed by atoms with E-state index in [1.807, 2.05) is 12.1 Å². The fourth-order valence-corrected chi connectivity index (χ4v) is 5.07. The van der Waals surface area contributed by atoms with Gasteiger partial charge >= 0.3 is 0 Å². The van der Waals surface area contributed by atoms with E-state index in [1.165, 1.54) is 18.4 Å². The van der Waals surface area contributed by atoms with Gasteiger partial charge in [-0.3, -0.25) is 9.69 Å². The molecule has 1 amide bonds. The number of hydrogen-bond donors (Lipinski definition) is 0. The van der Waals surface area contributed by atoms with E-state index in [2.05, 4.69) is 26.2 Å². The van der Waals surface area contributed by atoms with Gasteiger partial charge in [-0.25, -0.2) is 4.63 Å². The van der Waals surface area contributed by atoms with E-state index in [4.69, 9.17) is 4.63 Å². The summed E-state index contributed by atoms with van der Waals surface area (Å²) in [6, 6.07) is 6.54. The van der Waals surface area contributed by atoms with E-state index >= 15 is 0 Å². The molecule has 6 nitrogen and oxygen atoms in total. The maximum Gasteiger partial charge on any atom is 0.222 e. The smallest absolute Gasteiger partial charge is 0.222 e. The van der Waals surface area contributed by atoms with Crippen molar-refractivity contribution >= 4 is 16.9 Å². The predicted octanol–water partition coefficient (Wildman–Crippen LogP) is 2.06. The number of piperidine rings is 3. The number of benzene rings is 1. The lowest BCUT2D eigenvalue weighted by Crippen LogP contribution is -2.60. The van der Waals surface area contributed by atoms with Gasteiger partial charge in [0.2, 0.25) is 5.91 Å². The third-order valence-electron chi connectivity index (χ3n) is 6.02. The number of nitrogens with zero attached hydrogens (tertiary/aromatic N) is 4. The molecule has 0 saturated carbocycles. The molecule has 3 saturated heterocycles. The topological polar surface area (TPSA) is 62.5 Å². The van der Waals surface area contributed by atoms with Gasteiger partial charge in [0.15, 0.2) is 0 Å². The molecule has 0 spiro atoms. The quantitative estimate of drug-likeness (QED) is 0.845. The van der Waals surface area contributed by atoms with E-state index in [-0.39, 0.29) is 0 Å². The second kappa shape index (κ2) is 5.55. The first-order chi connectivity index (χ1) is 11.8. The minimum absolute atomic E-state index is 0.382. The normalized spacial score (nSPS) is 30.6. The van der Waals surface area contributed by atoms with Crippen molar-refractivity contribution < 1.29 is 9.42 Å². The van der Waals surface area contributed by atoms with Crippen molar-refractivity contribution in [1.29, 1.82) is 0 Å². The summed E-state index contributed by atoms with van der Waals surface area (Å²) in [5.41, 5.74) is 2.89. The molecule has 4 heterocycles. The molecular formula is C18H22N4O2. The average molecular weight is 326 g/mol. The van der Waals surface area contributed by atoms with Gasteiger partial charge in [0.1, 0.15) is 11.0 Å². The number of rotatable bonds is 2. The molecule has 126 valence electrons. The second-order valence-corrected chi connectivity index (χ2v) is 7.61. The maximum absolute atomic E-state index is 12.2. The van der Waals surface area contributed by atoms with E-state index in [1.54, 1.807) is 0 Å². The lowest BCUT2D eigenvalue weighted by atomic mass is 9.76. The van der Waals surface area contributed by atoms with Crippen LogP contribution in [0.1, 0.15) is 31.2 Å². The van der Waals surface area contributed by atoms with Crippen LogP contribution >= 0.6 is 0 Å². The fourth-order valence-electron chi connectivity index (χ4n) is 5.07. The Balaban J connectivity index is 1.36. The summed E-state index contributed by atoms with van der Waals surface area (Å²) in [7, 11) is 0. The number of fused-ring (bicyclic) bond motifs is 5. The molecule has 1 aromatic heterocycles. The van der Waals surface area contributed by atoms with Crippen molar-refractivity contribution in [1.82, 2.24) is 20.1 Å². The van der Waals surface area contributed by atoms with Crippen LogP contribution in [0.2, 0.25) is 0 Å². The van der Waals surface area contributed by atoms with Crippen molar-refractivity contribution in [3.63, 3.8) is 0 Å². The number of likely N-dealkylation sites (tertiary alicyclic amines) is 1. The third kappa shape index (κ3) is 2.32. The Kier molecular flexibility index (Phi) is 3.33. The average Bonchev–Trinajstić information content (AvgIpc) is 3.06. The molecule has 0 N–H and O–H groups in total. The summed E-state index contributed by atoms with van der Waals surface area (Å²) in [4.78, 5) is 17.0. The van der Waals surface area contributed by atoms with Crippen LogP contribution in [-0.4, -0.2) is 51.7 Å². The van der Waals surface area contributed by atoms with Crippen molar-refractivity contribution in [2.45, 2.75) is 38.3 Å². The summed E-state index contributed by atoms with van der Waals surface area (Å²) >= 11 is 0. The predicted molar refractivity (Wildman–Crippen MR) is 88.0 cm³/mol. The zero-order chi connectivity index (χ0) is 16.1. The van der Waals surface area contributed by atoms with Crippen molar-refractivity contribution in [2.24, 2.45) is 11.8 Å². The molecule has 0 aliphatic carbocycles. The van der Waals surface area contributed by atoms with Crippen LogP contribution in [0.15, 0.2) is 22.8 Å². The molecule has 1 aromatic carbocycles. The second-order valence-electron chi connectivity index (χ2n) is 7.61. The highest BCUT2D eigenvalue weighted by Gasteiger charge is 2.43. The summed E-state index contributed by atoms with van der Waals surface area (Å²) in [6.07, 6.45) is 4.27. The van der Waals surface area contributed by atoms with Crippen LogP contribution in [0.25, 0.3) is 11.0 Å². The van der Waals surface area contributed by atoms with Crippen molar-refractivity contribution in [2.75, 3.05) is 19.6 Å². The minimum Gasteiger partial charge on any atom is -0.339 e. The lowest BCUT2D eigenvalue weighted by Gasteiger charge is -2.52. The lowest BCUT2D eigenvalue weighted by molar-refractivity contribution is -0.145. The maximum atomic E-state index is 12.2. The van der Waals surface area contributed by atoms with Gasteiger partial charge in [-0.2, -0.15) is 0 Å². The van der Waals surface area contributed by atoms with Crippen LogP contribution < -0.4 is 0 Å². The van der Waals surface area contributed by atoms with Crippen LogP contribution in [0, 0.1) is 11.8 Å². The van der Waals surface area contributed by atoms with Gasteiger partial charge in [-0.05, 0) is 53.0 Å². The van der Waals surface area contributed by atoms with E-state index in [0.29, 0.717) is 23.8 Å². The van der Waals surface area contributed by atoms with Crippen LogP contribution in [0.3, 0.4) is 0 Å². The summed E-state index contributed by atoms with van der Waals surface area (Å²) in [5, 5.41) is 8.01. The number of hydrogen-bond acceptors (Lipinski definition) is 5. The van der Waals surface area contributed by atoms with E-state index < -0.39 is 0 Å². The summed E-state index contributed by atoms with van der Waals surface area (Å²) in [6.45, 7) is 3.98. The van der Waals surface area contributed by atoms with Gasteiger partial charge in [0.25, 0.3) is 0 Å². The molecule has 2 bridgehead atoms. The SMILES string of the molecule is O=C1CCC[C@H]2[C@@H]3C[C@H](CN(Cc4cccc5nonc45)C3)CN12. The number of carbonyl (C=O) groups excluding carboxylic acids is 1. The Hall–Kier alpha value is -1.95. The largest absolute Gasteiger partial charge is 0.339 e. The minimum atomic E-state index is 0.382. The van der Waals surface area contributed by atoms with Gasteiger partial charge in [0, 0.05) is 38.6 Å². The molecular weight excluding hydrogens is 304 g/mol. The standard InChI is InChI=1S/C18H22N4O2/c23-17-6-2-5-16-14-7-12(9-22(16)17)8-21(11-14)10-13-3-1-4-15-18(13)20-24-19-15/h1,3-4,12,14,16H,2,5-11H2/t12-,14-,16+/m1/s1. The highest BCUT2D eigenvalue weighted by molar-refractivity contribution is 5.77.